The molecule has 3 heteroatoms. The second-order valence-corrected chi connectivity index (χ2v) is 3.31. The highest BCUT2D eigenvalue weighted by atomic mass is 16.4. The Hall–Kier alpha value is -1.35. The van der Waals surface area contributed by atoms with Gasteiger partial charge in [0.25, 0.3) is 0 Å². The maximum absolute atomic E-state index is 11.0. The highest BCUT2D eigenvalue weighted by Crippen LogP contribution is 2.19. The topological polar surface area (TPSA) is 56.2 Å². The number of hydrogen-bond acceptors (Lipinski definition) is 3. The summed E-state index contributed by atoms with van der Waals surface area (Å²) in [6.07, 6.45) is 4.46. The lowest BCUT2D eigenvalue weighted by atomic mass is 9.98. The maximum Gasteiger partial charge on any atom is 0.336 e. The minimum absolute atomic E-state index is 0.0301. The Bertz CT molecular complexity index is 417. The van der Waals surface area contributed by atoms with Gasteiger partial charge < -0.3 is 10.2 Å². The normalized spacial score (nSPS) is 20.0. The van der Waals surface area contributed by atoms with E-state index in [1.807, 2.05) is 19.1 Å². The first-order valence-corrected chi connectivity index (χ1v) is 4.24. The molecular weight excluding hydrogens is 166 g/mol. The summed E-state index contributed by atoms with van der Waals surface area (Å²) in [5, 5.41) is 0. The van der Waals surface area contributed by atoms with Crippen LogP contribution in [-0.4, -0.2) is 6.04 Å². The number of fused-ring (bicyclic) bond motifs is 1. The average molecular weight is 177 g/mol. The minimum Gasteiger partial charge on any atom is -0.427 e. The van der Waals surface area contributed by atoms with E-state index >= 15 is 0 Å². The van der Waals surface area contributed by atoms with Crippen molar-refractivity contribution in [1.82, 2.24) is 0 Å². The molecule has 0 saturated heterocycles. The maximum atomic E-state index is 11.0. The SMILES string of the molecule is Cc1cc(=O)oc2c1C=CC(N)C2. The highest BCUT2D eigenvalue weighted by Gasteiger charge is 2.14. The van der Waals surface area contributed by atoms with Crippen LogP contribution >= 0.6 is 0 Å². The molecule has 0 spiro atoms. The van der Waals surface area contributed by atoms with Crippen LogP contribution in [0.1, 0.15) is 16.9 Å². The van der Waals surface area contributed by atoms with Gasteiger partial charge in [0.05, 0.1) is 0 Å². The number of rotatable bonds is 0. The molecule has 0 radical (unpaired) electrons. The largest absolute Gasteiger partial charge is 0.427 e. The van der Waals surface area contributed by atoms with Gasteiger partial charge in [-0.05, 0) is 12.5 Å². The molecular formula is C10H11NO2. The molecule has 1 aromatic rings. The van der Waals surface area contributed by atoms with Crippen molar-refractivity contribution in [3.8, 4) is 0 Å². The molecule has 1 aliphatic rings. The van der Waals surface area contributed by atoms with Crippen LogP contribution in [0.4, 0.5) is 0 Å². The minimum atomic E-state index is -0.293. The standard InChI is InChI=1S/C10H11NO2/c1-6-4-10(12)13-9-5-7(11)2-3-8(6)9/h2-4,7H,5,11H2,1H3. The first-order valence-electron chi connectivity index (χ1n) is 4.24. The van der Waals surface area contributed by atoms with Crippen molar-refractivity contribution in [2.45, 2.75) is 19.4 Å². The van der Waals surface area contributed by atoms with Crippen molar-refractivity contribution >= 4 is 6.08 Å². The molecule has 0 bridgehead atoms. The van der Waals surface area contributed by atoms with Gasteiger partial charge in [-0.2, -0.15) is 0 Å². The van der Waals surface area contributed by atoms with Crippen LogP contribution in [0.25, 0.3) is 6.08 Å². The fraction of sp³-hybridized carbons (Fsp3) is 0.300. The van der Waals surface area contributed by atoms with Crippen LogP contribution in [0.5, 0.6) is 0 Å². The molecule has 0 aliphatic heterocycles. The van der Waals surface area contributed by atoms with Crippen LogP contribution in [0.15, 0.2) is 21.4 Å². The Kier molecular flexibility index (Phi) is 1.81. The van der Waals surface area contributed by atoms with Crippen molar-refractivity contribution in [2.75, 3.05) is 0 Å². The second-order valence-electron chi connectivity index (χ2n) is 3.31. The van der Waals surface area contributed by atoms with E-state index in [2.05, 4.69) is 0 Å². The summed E-state index contributed by atoms with van der Waals surface area (Å²) in [6.45, 7) is 1.90. The quantitative estimate of drug-likeness (QED) is 0.639. The number of aryl methyl sites for hydroxylation is 1. The third-order valence-corrected chi connectivity index (χ3v) is 2.21. The molecule has 1 aliphatic carbocycles. The average Bonchev–Trinajstić information content (AvgIpc) is 2.02. The Labute approximate surface area is 75.9 Å². The van der Waals surface area contributed by atoms with Crippen LogP contribution in [0.3, 0.4) is 0 Å². The fourth-order valence-electron chi connectivity index (χ4n) is 1.56. The number of hydrogen-bond donors (Lipinski definition) is 1. The molecule has 1 heterocycles. The van der Waals surface area contributed by atoms with Crippen molar-refractivity contribution in [3.05, 3.63) is 39.4 Å². The van der Waals surface area contributed by atoms with Gasteiger partial charge in [-0.3, -0.25) is 0 Å². The smallest absolute Gasteiger partial charge is 0.336 e. The third-order valence-electron chi connectivity index (χ3n) is 2.21. The monoisotopic (exact) mass is 177 g/mol. The Balaban J connectivity index is 2.63. The Morgan fingerprint density at radius 2 is 2.38 bits per heavy atom. The van der Waals surface area contributed by atoms with Crippen molar-refractivity contribution in [3.63, 3.8) is 0 Å². The molecule has 2 N–H and O–H groups in total. The molecule has 1 unspecified atom stereocenters. The molecule has 1 aromatic heterocycles. The van der Waals surface area contributed by atoms with E-state index in [4.69, 9.17) is 10.2 Å². The van der Waals surface area contributed by atoms with Crippen LogP contribution in [0, 0.1) is 6.92 Å². The van der Waals surface area contributed by atoms with E-state index < -0.39 is 0 Å². The van der Waals surface area contributed by atoms with Crippen molar-refractivity contribution in [1.29, 1.82) is 0 Å². The first kappa shape index (κ1) is 8.26. The zero-order chi connectivity index (χ0) is 9.42. The van der Waals surface area contributed by atoms with Gasteiger partial charge in [0.1, 0.15) is 5.76 Å². The number of nitrogens with two attached hydrogens (primary N) is 1. The zero-order valence-electron chi connectivity index (χ0n) is 7.41. The highest BCUT2D eigenvalue weighted by molar-refractivity contribution is 5.58. The first-order chi connectivity index (χ1) is 6.16. The second kappa shape index (κ2) is 2.85. The van der Waals surface area contributed by atoms with E-state index in [0.29, 0.717) is 12.2 Å². The zero-order valence-corrected chi connectivity index (χ0v) is 7.41. The summed E-state index contributed by atoms with van der Waals surface area (Å²) >= 11 is 0. The van der Waals surface area contributed by atoms with Crippen molar-refractivity contribution in [2.24, 2.45) is 5.73 Å². The molecule has 68 valence electrons. The van der Waals surface area contributed by atoms with Gasteiger partial charge in [-0.15, -0.1) is 0 Å². The van der Waals surface area contributed by atoms with Gasteiger partial charge in [0.2, 0.25) is 0 Å². The molecule has 2 rings (SSSR count). The van der Waals surface area contributed by atoms with Gasteiger partial charge in [0, 0.05) is 24.1 Å². The van der Waals surface area contributed by atoms with Gasteiger partial charge in [0.15, 0.2) is 0 Å². The molecule has 0 amide bonds. The van der Waals surface area contributed by atoms with E-state index in [0.717, 1.165) is 11.1 Å². The van der Waals surface area contributed by atoms with E-state index in [9.17, 15) is 4.79 Å². The molecule has 0 aromatic carbocycles. The predicted molar refractivity (Wildman–Crippen MR) is 50.4 cm³/mol. The fourth-order valence-corrected chi connectivity index (χ4v) is 1.56. The summed E-state index contributed by atoms with van der Waals surface area (Å²) in [6, 6.07) is 1.47. The van der Waals surface area contributed by atoms with Gasteiger partial charge >= 0.3 is 5.63 Å². The summed E-state index contributed by atoms with van der Waals surface area (Å²) < 4.78 is 5.06. The lowest BCUT2D eigenvalue weighted by Crippen LogP contribution is -2.24. The third kappa shape index (κ3) is 1.42. The lowest BCUT2D eigenvalue weighted by molar-refractivity contribution is 0.446. The van der Waals surface area contributed by atoms with E-state index in [1.54, 1.807) is 0 Å². The van der Waals surface area contributed by atoms with Gasteiger partial charge in [-0.1, -0.05) is 12.2 Å². The summed E-state index contributed by atoms with van der Waals surface area (Å²) in [5.74, 6) is 0.708. The van der Waals surface area contributed by atoms with Gasteiger partial charge in [-0.25, -0.2) is 4.79 Å². The molecule has 1 atom stereocenters. The molecule has 13 heavy (non-hydrogen) atoms. The molecule has 3 nitrogen and oxygen atoms in total. The summed E-state index contributed by atoms with van der Waals surface area (Å²) in [5.41, 5.74) is 7.36. The summed E-state index contributed by atoms with van der Waals surface area (Å²) in [4.78, 5) is 11.0. The Morgan fingerprint density at radius 1 is 1.62 bits per heavy atom. The molecule has 0 saturated carbocycles. The predicted octanol–water partition coefficient (Wildman–Crippen LogP) is 0.845. The Morgan fingerprint density at radius 3 is 3.15 bits per heavy atom. The van der Waals surface area contributed by atoms with E-state index in [1.165, 1.54) is 6.07 Å². The lowest BCUT2D eigenvalue weighted by Gasteiger charge is -2.14. The van der Waals surface area contributed by atoms with Crippen LogP contribution < -0.4 is 11.4 Å². The summed E-state index contributed by atoms with van der Waals surface area (Å²) in [7, 11) is 0. The van der Waals surface area contributed by atoms with E-state index in [-0.39, 0.29) is 11.7 Å². The van der Waals surface area contributed by atoms with Crippen LogP contribution in [0.2, 0.25) is 0 Å². The van der Waals surface area contributed by atoms with Crippen LogP contribution in [-0.2, 0) is 6.42 Å². The molecule has 0 fully saturated rings. The van der Waals surface area contributed by atoms with Crippen molar-refractivity contribution < 1.29 is 4.42 Å².